The van der Waals surface area contributed by atoms with E-state index in [-0.39, 0.29) is 39.6 Å². The Balaban J connectivity index is 4.23. The number of hydrogen-bond donors (Lipinski definition) is 3. The van der Waals surface area contributed by atoms with Gasteiger partial charge in [-0.15, -0.1) is 0 Å². The first kappa shape index (κ1) is 14.7. The van der Waals surface area contributed by atoms with Crippen molar-refractivity contribution >= 4 is 8.80 Å². The summed E-state index contributed by atoms with van der Waals surface area (Å²) in [5.74, 6) is 0. The number of aliphatic hydroxyl groups excluding tert-OH is 3. The van der Waals surface area contributed by atoms with Crippen LogP contribution in [0.25, 0.3) is 0 Å². The van der Waals surface area contributed by atoms with E-state index in [0.717, 1.165) is 0 Å². The molecule has 0 aromatic carbocycles. The third-order valence-corrected chi connectivity index (χ3v) is 3.75. The summed E-state index contributed by atoms with van der Waals surface area (Å²) in [6, 6.07) is 0. The second kappa shape index (κ2) is 8.98. The summed E-state index contributed by atoms with van der Waals surface area (Å²) < 4.78 is 15.7. The van der Waals surface area contributed by atoms with Gasteiger partial charge in [0.25, 0.3) is 0 Å². The highest BCUT2D eigenvalue weighted by Gasteiger charge is 2.37. The van der Waals surface area contributed by atoms with Crippen LogP contribution in [0.5, 0.6) is 0 Å². The van der Waals surface area contributed by atoms with Gasteiger partial charge in [-0.2, -0.15) is 0 Å². The molecule has 0 aliphatic rings. The average molecular weight is 238 g/mol. The lowest BCUT2D eigenvalue weighted by Gasteiger charge is -2.25. The molecular formula is C8H18O6Si. The molecule has 0 rings (SSSR count). The van der Waals surface area contributed by atoms with Crippen molar-refractivity contribution in [3.8, 4) is 0 Å². The Bertz CT molecular complexity index is 143. The van der Waals surface area contributed by atoms with Crippen molar-refractivity contribution in [2.75, 3.05) is 39.6 Å². The first-order chi connectivity index (χ1) is 7.24. The fraction of sp³-hybridized carbons (Fsp3) is 0.750. The van der Waals surface area contributed by atoms with E-state index in [1.54, 1.807) is 0 Å². The Kier molecular flexibility index (Phi) is 8.81. The van der Waals surface area contributed by atoms with Crippen molar-refractivity contribution in [1.29, 1.82) is 0 Å². The molecule has 6 nitrogen and oxygen atoms in total. The highest BCUT2D eigenvalue weighted by atomic mass is 28.4. The predicted octanol–water partition coefficient (Wildman–Crippen LogP) is -1.32. The van der Waals surface area contributed by atoms with Crippen molar-refractivity contribution in [3.63, 3.8) is 0 Å². The molecule has 90 valence electrons. The molecule has 3 N–H and O–H groups in total. The van der Waals surface area contributed by atoms with Crippen LogP contribution in [0.1, 0.15) is 0 Å². The molecule has 0 saturated heterocycles. The summed E-state index contributed by atoms with van der Waals surface area (Å²) in [5.41, 5.74) is 1.40. The van der Waals surface area contributed by atoms with Gasteiger partial charge in [0.15, 0.2) is 0 Å². The summed E-state index contributed by atoms with van der Waals surface area (Å²) >= 11 is 0. The van der Waals surface area contributed by atoms with E-state index < -0.39 is 8.80 Å². The molecule has 0 saturated carbocycles. The van der Waals surface area contributed by atoms with Gasteiger partial charge in [0.2, 0.25) is 0 Å². The molecule has 0 fully saturated rings. The maximum Gasteiger partial charge on any atom is 0.529 e. The SMILES string of the molecule is C=C[Si](OCCO)(OCCO)OCCO. The van der Waals surface area contributed by atoms with Crippen molar-refractivity contribution in [2.24, 2.45) is 0 Å². The number of rotatable bonds is 10. The zero-order valence-electron chi connectivity index (χ0n) is 8.59. The van der Waals surface area contributed by atoms with Crippen LogP contribution < -0.4 is 0 Å². The minimum atomic E-state index is -3.05. The molecule has 0 aliphatic heterocycles. The zero-order valence-corrected chi connectivity index (χ0v) is 9.59. The van der Waals surface area contributed by atoms with Gasteiger partial charge in [0.1, 0.15) is 0 Å². The molecule has 0 heterocycles. The van der Waals surface area contributed by atoms with E-state index in [0.29, 0.717) is 0 Å². The summed E-state index contributed by atoms with van der Waals surface area (Å²) in [4.78, 5) is 0. The van der Waals surface area contributed by atoms with E-state index in [2.05, 4.69) is 6.58 Å². The largest absolute Gasteiger partial charge is 0.529 e. The molecule has 15 heavy (non-hydrogen) atoms. The second-order valence-corrected chi connectivity index (χ2v) is 5.01. The lowest BCUT2D eigenvalue weighted by molar-refractivity contribution is 0.0379. The van der Waals surface area contributed by atoms with Gasteiger partial charge in [-0.3, -0.25) is 0 Å². The lowest BCUT2D eigenvalue weighted by atomic mass is 10.8. The summed E-state index contributed by atoms with van der Waals surface area (Å²) in [6.07, 6.45) is 0. The van der Waals surface area contributed by atoms with Crippen LogP contribution in [0, 0.1) is 0 Å². The number of hydrogen-bond acceptors (Lipinski definition) is 6. The maximum atomic E-state index is 8.63. The van der Waals surface area contributed by atoms with Gasteiger partial charge in [-0.1, -0.05) is 6.58 Å². The van der Waals surface area contributed by atoms with E-state index in [4.69, 9.17) is 28.6 Å². The molecule has 0 bridgehead atoms. The molecule has 0 unspecified atom stereocenters. The Hall–Kier alpha value is -0.283. The average Bonchev–Trinajstić information content (AvgIpc) is 2.29. The summed E-state index contributed by atoms with van der Waals surface area (Å²) in [6.45, 7) is 3.25. The van der Waals surface area contributed by atoms with Crippen LogP contribution >= 0.6 is 0 Å². The second-order valence-electron chi connectivity index (χ2n) is 2.52. The van der Waals surface area contributed by atoms with E-state index in [1.807, 2.05) is 0 Å². The van der Waals surface area contributed by atoms with Crippen LogP contribution in [0.3, 0.4) is 0 Å². The molecule has 7 heteroatoms. The van der Waals surface area contributed by atoms with Crippen LogP contribution in [0.4, 0.5) is 0 Å². The Morgan fingerprint density at radius 1 is 0.867 bits per heavy atom. The predicted molar refractivity (Wildman–Crippen MR) is 55.1 cm³/mol. The van der Waals surface area contributed by atoms with Crippen molar-refractivity contribution in [3.05, 3.63) is 12.3 Å². The Morgan fingerprint density at radius 2 is 1.20 bits per heavy atom. The normalized spacial score (nSPS) is 11.7. The third-order valence-electron chi connectivity index (χ3n) is 1.43. The number of aliphatic hydroxyl groups is 3. The molecule has 0 aromatic heterocycles. The molecule has 0 aliphatic carbocycles. The van der Waals surface area contributed by atoms with Crippen LogP contribution in [0.2, 0.25) is 0 Å². The van der Waals surface area contributed by atoms with E-state index in [1.165, 1.54) is 5.70 Å². The quantitative estimate of drug-likeness (QED) is 0.409. The Labute approximate surface area is 90.1 Å². The Morgan fingerprint density at radius 3 is 1.40 bits per heavy atom. The highest BCUT2D eigenvalue weighted by Crippen LogP contribution is 2.10. The van der Waals surface area contributed by atoms with Crippen LogP contribution in [0.15, 0.2) is 12.3 Å². The summed E-state index contributed by atoms with van der Waals surface area (Å²) in [5, 5.41) is 25.9. The molecule has 0 atom stereocenters. The molecule has 0 aromatic rings. The van der Waals surface area contributed by atoms with E-state index in [9.17, 15) is 0 Å². The van der Waals surface area contributed by atoms with Gasteiger partial charge in [-0.25, -0.2) is 0 Å². The molecular weight excluding hydrogens is 220 g/mol. The van der Waals surface area contributed by atoms with Gasteiger partial charge >= 0.3 is 8.80 Å². The van der Waals surface area contributed by atoms with Crippen molar-refractivity contribution in [1.82, 2.24) is 0 Å². The van der Waals surface area contributed by atoms with Crippen molar-refractivity contribution in [2.45, 2.75) is 0 Å². The highest BCUT2D eigenvalue weighted by molar-refractivity contribution is 6.66. The van der Waals surface area contributed by atoms with Crippen LogP contribution in [-0.2, 0) is 13.3 Å². The monoisotopic (exact) mass is 238 g/mol. The standard InChI is InChI=1S/C8H18O6Si/c1-2-15(12-6-3-9,13-7-4-10)14-8-5-11/h2,9-11H,1,3-8H2. The molecule has 0 amide bonds. The van der Waals surface area contributed by atoms with Crippen LogP contribution in [-0.4, -0.2) is 63.8 Å². The van der Waals surface area contributed by atoms with Crippen molar-refractivity contribution < 1.29 is 28.6 Å². The summed E-state index contributed by atoms with van der Waals surface area (Å²) in [7, 11) is -3.05. The maximum absolute atomic E-state index is 8.63. The minimum Gasteiger partial charge on any atom is -0.394 e. The van der Waals surface area contributed by atoms with Gasteiger partial charge in [-0.05, 0) is 5.70 Å². The fourth-order valence-corrected chi connectivity index (χ4v) is 2.60. The fourth-order valence-electron chi connectivity index (χ4n) is 0.865. The zero-order chi connectivity index (χ0) is 11.6. The minimum absolute atomic E-state index is 0.0646. The smallest absolute Gasteiger partial charge is 0.394 e. The van der Waals surface area contributed by atoms with Gasteiger partial charge in [0, 0.05) is 0 Å². The first-order valence-corrected chi connectivity index (χ1v) is 6.43. The van der Waals surface area contributed by atoms with E-state index >= 15 is 0 Å². The molecule has 0 spiro atoms. The lowest BCUT2D eigenvalue weighted by Crippen LogP contribution is -2.46. The molecule has 0 radical (unpaired) electrons. The first-order valence-electron chi connectivity index (χ1n) is 4.62. The van der Waals surface area contributed by atoms with Gasteiger partial charge < -0.3 is 28.6 Å². The van der Waals surface area contributed by atoms with Gasteiger partial charge in [0.05, 0.1) is 39.6 Å². The topological polar surface area (TPSA) is 88.4 Å². The third kappa shape index (κ3) is 6.00.